The van der Waals surface area contributed by atoms with Crippen LogP contribution in [0.1, 0.15) is 12.0 Å². The molecule has 1 aliphatic rings. The van der Waals surface area contributed by atoms with E-state index in [4.69, 9.17) is 0 Å². The minimum Gasteiger partial charge on any atom is -0.494 e. The Bertz CT molecular complexity index is 995. The van der Waals surface area contributed by atoms with Crippen LogP contribution < -0.4 is 4.90 Å². The Morgan fingerprint density at radius 3 is 2.81 bits per heavy atom. The van der Waals surface area contributed by atoms with Crippen molar-refractivity contribution >= 4 is 28.5 Å². The van der Waals surface area contributed by atoms with Crippen molar-refractivity contribution in [3.05, 3.63) is 53.8 Å². The summed E-state index contributed by atoms with van der Waals surface area (Å²) in [4.78, 5) is 11.5. The second kappa shape index (κ2) is 7.04. The lowest BCUT2D eigenvalue weighted by Gasteiger charge is -2.22. The van der Waals surface area contributed by atoms with Crippen molar-refractivity contribution in [1.29, 1.82) is 0 Å². The topological polar surface area (TPSA) is 54.9 Å². The van der Waals surface area contributed by atoms with E-state index in [1.165, 1.54) is 6.07 Å². The van der Waals surface area contributed by atoms with Crippen molar-refractivity contribution in [3.63, 3.8) is 0 Å². The Labute approximate surface area is 157 Å². The molecule has 1 atom stereocenters. The summed E-state index contributed by atoms with van der Waals surface area (Å²) in [5.74, 6) is -0.212. The van der Waals surface area contributed by atoms with Crippen LogP contribution >= 0.6 is 0 Å². The summed E-state index contributed by atoms with van der Waals surface area (Å²) in [6, 6.07) is 13.1. The molecule has 1 aliphatic heterocycles. The number of aliphatic imine (C=N–C) groups is 1. The number of hydrogen-bond donors (Lipinski definition) is 2. The van der Waals surface area contributed by atoms with E-state index in [9.17, 15) is 9.50 Å². The zero-order valence-electron chi connectivity index (χ0n) is 15.5. The largest absolute Gasteiger partial charge is 0.494 e. The fourth-order valence-electron chi connectivity index (χ4n) is 3.63. The third kappa shape index (κ3) is 3.40. The number of benzene rings is 2. The lowest BCUT2D eigenvalue weighted by Crippen LogP contribution is -2.31. The fraction of sp³-hybridized carbons (Fsp3) is 0.286. The molecule has 0 bridgehead atoms. The van der Waals surface area contributed by atoms with Crippen molar-refractivity contribution in [2.24, 2.45) is 4.99 Å². The smallest absolute Gasteiger partial charge is 0.198 e. The van der Waals surface area contributed by atoms with E-state index < -0.39 is 0 Å². The van der Waals surface area contributed by atoms with E-state index >= 15 is 0 Å². The van der Waals surface area contributed by atoms with Crippen molar-refractivity contribution in [2.75, 3.05) is 32.1 Å². The third-order valence-corrected chi connectivity index (χ3v) is 5.23. The molecule has 2 aromatic carbocycles. The SMILES string of the molecule is CN(C)C1CCN(c2ccc(N=Cc3c(O)[nH]c4ccccc34)cc2F)C1. The quantitative estimate of drug-likeness (QED) is 0.689. The number of nitrogens with zero attached hydrogens (tertiary/aromatic N) is 3. The molecule has 1 aromatic heterocycles. The van der Waals surface area contributed by atoms with Crippen molar-refractivity contribution in [3.8, 4) is 5.88 Å². The van der Waals surface area contributed by atoms with Crippen molar-refractivity contribution < 1.29 is 9.50 Å². The summed E-state index contributed by atoms with van der Waals surface area (Å²) < 4.78 is 14.6. The molecule has 0 aliphatic carbocycles. The van der Waals surface area contributed by atoms with Gasteiger partial charge in [-0.1, -0.05) is 18.2 Å². The highest BCUT2D eigenvalue weighted by molar-refractivity contribution is 6.02. The average Bonchev–Trinajstić information content (AvgIpc) is 3.24. The Morgan fingerprint density at radius 2 is 2.07 bits per heavy atom. The first kappa shape index (κ1) is 17.5. The molecule has 0 radical (unpaired) electrons. The number of fused-ring (bicyclic) bond motifs is 1. The molecule has 6 heteroatoms. The molecule has 5 nitrogen and oxygen atoms in total. The summed E-state index contributed by atoms with van der Waals surface area (Å²) in [5.41, 5.74) is 2.57. The van der Waals surface area contributed by atoms with E-state index in [1.54, 1.807) is 12.3 Å². The lowest BCUT2D eigenvalue weighted by molar-refractivity contribution is 0.315. The van der Waals surface area contributed by atoms with E-state index in [0.29, 0.717) is 23.0 Å². The molecule has 2 N–H and O–H groups in total. The molecular weight excluding hydrogens is 343 g/mol. The van der Waals surface area contributed by atoms with Crippen LogP contribution in [0.4, 0.5) is 15.8 Å². The zero-order chi connectivity index (χ0) is 19.0. The number of anilines is 1. The molecule has 140 valence electrons. The number of aromatic hydroxyl groups is 1. The highest BCUT2D eigenvalue weighted by Gasteiger charge is 2.25. The standard InChI is InChI=1S/C21H23FN4O/c1-25(2)15-9-10-26(13-15)20-8-7-14(11-18(20)22)23-12-17-16-5-3-4-6-19(16)24-21(17)27/h3-8,11-12,15,24,27H,9-10,13H2,1-2H3. The predicted octanol–water partition coefficient (Wildman–Crippen LogP) is 3.90. The normalized spacial score (nSPS) is 17.6. The summed E-state index contributed by atoms with van der Waals surface area (Å²) in [6.07, 6.45) is 2.60. The highest BCUT2D eigenvalue weighted by atomic mass is 19.1. The van der Waals surface area contributed by atoms with E-state index in [2.05, 4.69) is 33.9 Å². The molecule has 1 saturated heterocycles. The number of hydrogen-bond acceptors (Lipinski definition) is 4. The van der Waals surface area contributed by atoms with Crippen LogP contribution in [-0.2, 0) is 0 Å². The monoisotopic (exact) mass is 366 g/mol. The van der Waals surface area contributed by atoms with Gasteiger partial charge in [-0.3, -0.25) is 4.99 Å². The number of aromatic amines is 1. The zero-order valence-corrected chi connectivity index (χ0v) is 15.5. The maximum atomic E-state index is 14.6. The summed E-state index contributed by atoms with van der Waals surface area (Å²) in [5, 5.41) is 11.0. The molecule has 4 rings (SSSR count). The highest BCUT2D eigenvalue weighted by Crippen LogP contribution is 2.29. The summed E-state index contributed by atoms with van der Waals surface area (Å²) in [6.45, 7) is 1.68. The molecule has 0 saturated carbocycles. The fourth-order valence-corrected chi connectivity index (χ4v) is 3.63. The van der Waals surface area contributed by atoms with E-state index in [-0.39, 0.29) is 11.7 Å². The molecule has 1 unspecified atom stereocenters. The van der Waals surface area contributed by atoms with Crippen LogP contribution in [0.5, 0.6) is 5.88 Å². The molecule has 27 heavy (non-hydrogen) atoms. The van der Waals surface area contributed by atoms with Crippen molar-refractivity contribution in [2.45, 2.75) is 12.5 Å². The molecule has 2 heterocycles. The van der Waals surface area contributed by atoms with Gasteiger partial charge >= 0.3 is 0 Å². The summed E-state index contributed by atoms with van der Waals surface area (Å²) >= 11 is 0. The minimum absolute atomic E-state index is 0.0591. The maximum Gasteiger partial charge on any atom is 0.198 e. The van der Waals surface area contributed by atoms with Gasteiger partial charge in [-0.15, -0.1) is 0 Å². The van der Waals surface area contributed by atoms with Crippen LogP contribution in [0.3, 0.4) is 0 Å². The molecule has 1 fully saturated rings. The van der Waals surface area contributed by atoms with Crippen LogP contribution in [0.15, 0.2) is 47.5 Å². The third-order valence-electron chi connectivity index (χ3n) is 5.23. The minimum atomic E-state index is -0.271. The van der Waals surface area contributed by atoms with Crippen LogP contribution in [0.2, 0.25) is 0 Å². The number of rotatable bonds is 4. The molecule has 0 amide bonds. The summed E-state index contributed by atoms with van der Waals surface area (Å²) in [7, 11) is 4.12. The van der Waals surface area contributed by atoms with Crippen LogP contribution in [0, 0.1) is 5.82 Å². The first-order chi connectivity index (χ1) is 13.0. The maximum absolute atomic E-state index is 14.6. The molecule has 0 spiro atoms. The van der Waals surface area contributed by atoms with Gasteiger partial charge in [0, 0.05) is 42.3 Å². The Morgan fingerprint density at radius 1 is 1.26 bits per heavy atom. The van der Waals surface area contributed by atoms with Crippen LogP contribution in [0.25, 0.3) is 10.9 Å². The number of para-hydroxylation sites is 1. The first-order valence-corrected chi connectivity index (χ1v) is 9.07. The lowest BCUT2D eigenvalue weighted by atomic mass is 10.2. The van der Waals surface area contributed by atoms with E-state index in [0.717, 1.165) is 30.4 Å². The van der Waals surface area contributed by atoms with Gasteiger partial charge in [-0.2, -0.15) is 0 Å². The van der Waals surface area contributed by atoms with Gasteiger partial charge in [-0.25, -0.2) is 4.39 Å². The molecular formula is C21H23FN4O. The number of H-pyrrole nitrogens is 1. The predicted molar refractivity (Wildman–Crippen MR) is 108 cm³/mol. The van der Waals surface area contributed by atoms with Crippen LogP contribution in [-0.4, -0.2) is 54.4 Å². The Balaban J connectivity index is 1.56. The number of nitrogens with one attached hydrogen (secondary N) is 1. The van der Waals surface area contributed by atoms with Gasteiger partial charge in [0.15, 0.2) is 5.88 Å². The van der Waals surface area contributed by atoms with Gasteiger partial charge < -0.3 is 19.9 Å². The second-order valence-corrected chi connectivity index (χ2v) is 7.18. The van der Waals surface area contributed by atoms with E-state index in [1.807, 2.05) is 30.3 Å². The van der Waals surface area contributed by atoms with Crippen molar-refractivity contribution in [1.82, 2.24) is 9.88 Å². The number of likely N-dealkylation sites (N-methyl/N-ethyl adjacent to an activating group) is 1. The Hall–Kier alpha value is -2.86. The number of halogens is 1. The van der Waals surface area contributed by atoms with Gasteiger partial charge in [0.25, 0.3) is 0 Å². The Kier molecular flexibility index (Phi) is 4.58. The van der Waals surface area contributed by atoms with Gasteiger partial charge in [0.2, 0.25) is 0 Å². The number of aromatic nitrogens is 1. The first-order valence-electron chi connectivity index (χ1n) is 9.07. The van der Waals surface area contributed by atoms with Gasteiger partial charge in [0.1, 0.15) is 5.82 Å². The molecule has 3 aromatic rings. The average molecular weight is 366 g/mol. The van der Waals surface area contributed by atoms with Gasteiger partial charge in [0.05, 0.1) is 16.9 Å². The van der Waals surface area contributed by atoms with Gasteiger partial charge in [-0.05, 0) is 38.7 Å². The second-order valence-electron chi connectivity index (χ2n) is 7.18.